The molecule has 0 unspecified atom stereocenters. The van der Waals surface area contributed by atoms with Crippen molar-refractivity contribution in [3.8, 4) is 11.5 Å². The van der Waals surface area contributed by atoms with Crippen LogP contribution >= 0.6 is 23.4 Å². The lowest BCUT2D eigenvalue weighted by molar-refractivity contribution is -0.384. The van der Waals surface area contributed by atoms with Gasteiger partial charge in [0.25, 0.3) is 16.8 Å². The molecule has 3 rings (SSSR count). The van der Waals surface area contributed by atoms with Gasteiger partial charge in [-0.15, -0.1) is 0 Å². The van der Waals surface area contributed by atoms with Crippen LogP contribution < -0.4 is 9.47 Å². The van der Waals surface area contributed by atoms with Gasteiger partial charge in [0.2, 0.25) is 0 Å². The molecule has 32 heavy (non-hydrogen) atoms. The number of ether oxygens (including phenoxy) is 2. The van der Waals surface area contributed by atoms with Crippen molar-refractivity contribution >= 4 is 46.3 Å². The molecule has 1 fully saturated rings. The number of carbonyl (C=O) groups excluding carboxylic acids is 2. The second kappa shape index (κ2) is 10.1. The first-order valence-corrected chi connectivity index (χ1v) is 11.0. The van der Waals surface area contributed by atoms with Gasteiger partial charge in [-0.3, -0.25) is 24.6 Å². The largest absolute Gasteiger partial charge is 0.493 e. The maximum atomic E-state index is 12.8. The Hall–Kier alpha value is -3.04. The van der Waals surface area contributed by atoms with Crippen molar-refractivity contribution in [3.05, 3.63) is 67.6 Å². The molecule has 1 atom stereocenters. The molecule has 8 nitrogen and oxygen atoms in total. The number of non-ortho nitro benzene ring substituents is 1. The van der Waals surface area contributed by atoms with Crippen molar-refractivity contribution in [2.75, 3.05) is 7.11 Å². The summed E-state index contributed by atoms with van der Waals surface area (Å²) in [7, 11) is 1.49. The minimum Gasteiger partial charge on any atom is -0.493 e. The molecule has 0 N–H and O–H groups in total. The number of nitro benzene ring substituents is 1. The molecule has 0 saturated carbocycles. The Labute approximate surface area is 194 Å². The van der Waals surface area contributed by atoms with Gasteiger partial charge in [-0.25, -0.2) is 0 Å². The summed E-state index contributed by atoms with van der Waals surface area (Å²) < 4.78 is 11.2. The summed E-state index contributed by atoms with van der Waals surface area (Å²) in [5.41, 5.74) is 0.953. The normalized spacial score (nSPS) is 15.9. The smallest absolute Gasteiger partial charge is 0.293 e. The number of thioether (sulfide) groups is 1. The number of hydrogen-bond donors (Lipinski definition) is 0. The average Bonchev–Trinajstić information content (AvgIpc) is 3.02. The Bertz CT molecular complexity index is 1100. The van der Waals surface area contributed by atoms with Crippen molar-refractivity contribution < 1.29 is 24.0 Å². The van der Waals surface area contributed by atoms with E-state index in [4.69, 9.17) is 21.1 Å². The van der Waals surface area contributed by atoms with E-state index >= 15 is 0 Å². The summed E-state index contributed by atoms with van der Waals surface area (Å²) in [5, 5.41) is 10.8. The van der Waals surface area contributed by atoms with E-state index in [1.807, 2.05) is 13.8 Å². The number of carbonyl (C=O) groups is 2. The molecule has 1 saturated heterocycles. The lowest BCUT2D eigenvalue weighted by Crippen LogP contribution is -2.27. The zero-order chi connectivity index (χ0) is 23.4. The van der Waals surface area contributed by atoms with Gasteiger partial charge in [0.05, 0.1) is 34.6 Å². The van der Waals surface area contributed by atoms with Crippen LogP contribution in [0.3, 0.4) is 0 Å². The van der Waals surface area contributed by atoms with E-state index in [0.717, 1.165) is 23.1 Å². The van der Waals surface area contributed by atoms with Crippen molar-refractivity contribution in [2.24, 2.45) is 0 Å². The number of amides is 2. The topological polar surface area (TPSA) is 99.0 Å². The molecule has 1 aliphatic heterocycles. The van der Waals surface area contributed by atoms with E-state index in [0.29, 0.717) is 27.6 Å². The second-order valence-electron chi connectivity index (χ2n) is 7.07. The zero-order valence-corrected chi connectivity index (χ0v) is 19.2. The highest BCUT2D eigenvalue weighted by atomic mass is 35.5. The molecule has 0 radical (unpaired) electrons. The molecule has 0 aromatic heterocycles. The number of hydrogen-bond acceptors (Lipinski definition) is 7. The summed E-state index contributed by atoms with van der Waals surface area (Å²) >= 11 is 7.18. The van der Waals surface area contributed by atoms with Gasteiger partial charge in [0.15, 0.2) is 11.5 Å². The highest BCUT2D eigenvalue weighted by molar-refractivity contribution is 8.18. The molecule has 0 spiro atoms. The lowest BCUT2D eigenvalue weighted by atomic mass is 10.1. The van der Waals surface area contributed by atoms with E-state index in [9.17, 15) is 19.7 Å². The molecule has 10 heteroatoms. The maximum Gasteiger partial charge on any atom is 0.293 e. The van der Waals surface area contributed by atoms with Crippen LogP contribution in [0.2, 0.25) is 5.02 Å². The minimum absolute atomic E-state index is 0.0578. The van der Waals surface area contributed by atoms with Gasteiger partial charge in [-0.1, -0.05) is 30.7 Å². The van der Waals surface area contributed by atoms with Crippen molar-refractivity contribution in [2.45, 2.75) is 32.9 Å². The van der Waals surface area contributed by atoms with Crippen molar-refractivity contribution in [3.63, 3.8) is 0 Å². The molecular formula is C22H21ClN2O6S. The van der Waals surface area contributed by atoms with E-state index in [1.54, 1.807) is 24.3 Å². The minimum atomic E-state index is -0.525. The fraction of sp³-hybridized carbons (Fsp3) is 0.273. The third kappa shape index (κ3) is 5.23. The number of nitro groups is 1. The first-order chi connectivity index (χ1) is 15.2. The van der Waals surface area contributed by atoms with Crippen molar-refractivity contribution in [1.29, 1.82) is 0 Å². The lowest BCUT2D eigenvalue weighted by Gasteiger charge is -2.17. The Balaban J connectivity index is 1.85. The zero-order valence-electron chi connectivity index (χ0n) is 17.7. The summed E-state index contributed by atoms with van der Waals surface area (Å²) in [6.45, 7) is 3.85. The first-order valence-electron chi connectivity index (χ1n) is 9.76. The predicted molar refractivity (Wildman–Crippen MR) is 123 cm³/mol. The quantitative estimate of drug-likeness (QED) is 0.275. The Morgan fingerprint density at radius 2 is 2.03 bits per heavy atom. The van der Waals surface area contributed by atoms with E-state index in [1.165, 1.54) is 25.3 Å². The van der Waals surface area contributed by atoms with Gasteiger partial charge < -0.3 is 9.47 Å². The number of rotatable bonds is 8. The van der Waals surface area contributed by atoms with Gasteiger partial charge in [0.1, 0.15) is 0 Å². The van der Waals surface area contributed by atoms with Crippen LogP contribution in [0.5, 0.6) is 11.5 Å². The third-order valence-electron chi connectivity index (χ3n) is 4.78. The van der Waals surface area contributed by atoms with Crippen LogP contribution in [0.15, 0.2) is 41.3 Å². The predicted octanol–water partition coefficient (Wildman–Crippen LogP) is 5.67. The molecular weight excluding hydrogens is 456 g/mol. The third-order valence-corrected chi connectivity index (χ3v) is 5.97. The maximum absolute atomic E-state index is 12.8. The van der Waals surface area contributed by atoms with Crippen LogP contribution in [-0.4, -0.2) is 34.2 Å². The second-order valence-corrected chi connectivity index (χ2v) is 8.47. The molecule has 0 aliphatic carbocycles. The van der Waals surface area contributed by atoms with Gasteiger partial charge >= 0.3 is 0 Å². The number of nitrogens with zero attached hydrogens (tertiary/aromatic N) is 2. The van der Waals surface area contributed by atoms with E-state index in [-0.39, 0.29) is 23.2 Å². The highest BCUT2D eigenvalue weighted by Crippen LogP contribution is 2.40. The molecule has 0 bridgehead atoms. The summed E-state index contributed by atoms with van der Waals surface area (Å²) in [5.74, 6) is 0.348. The monoisotopic (exact) mass is 476 g/mol. The van der Waals surface area contributed by atoms with E-state index < -0.39 is 16.1 Å². The standard InChI is InChI=1S/C22H21ClN2O6S/c1-4-13(2)31-20-17(23)9-15(10-18(20)30-3)11-19-21(26)24(22(27)32-19)12-14-6-5-7-16(8-14)25(28)29/h5-11,13H,4,12H2,1-3H3/b19-11+/t13-/m1/s1. The van der Waals surface area contributed by atoms with Crippen LogP contribution in [0.4, 0.5) is 10.5 Å². The van der Waals surface area contributed by atoms with E-state index in [2.05, 4.69) is 0 Å². The SMILES string of the molecule is CC[C@@H](C)Oc1c(Cl)cc(/C=C2/SC(=O)N(Cc3cccc([N+](=O)[O-])c3)C2=O)cc1OC. The molecule has 2 aromatic carbocycles. The fourth-order valence-corrected chi connectivity index (χ4v) is 4.06. The van der Waals surface area contributed by atoms with Gasteiger partial charge in [0, 0.05) is 12.1 Å². The molecule has 1 aliphatic rings. The summed E-state index contributed by atoms with van der Waals surface area (Å²) in [6.07, 6.45) is 2.29. The Kier molecular flexibility index (Phi) is 7.42. The first kappa shape index (κ1) is 23.6. The summed E-state index contributed by atoms with van der Waals surface area (Å²) in [6, 6.07) is 9.14. The Morgan fingerprint density at radius 3 is 2.69 bits per heavy atom. The summed E-state index contributed by atoms with van der Waals surface area (Å²) in [4.78, 5) is 37.0. The van der Waals surface area contributed by atoms with Gasteiger partial charge in [-0.2, -0.15) is 0 Å². The fourth-order valence-electron chi connectivity index (χ4n) is 2.96. The number of imide groups is 1. The van der Waals surface area contributed by atoms with Crippen LogP contribution in [0, 0.1) is 10.1 Å². The Morgan fingerprint density at radius 1 is 1.28 bits per heavy atom. The molecule has 168 valence electrons. The molecule has 2 aromatic rings. The average molecular weight is 477 g/mol. The highest BCUT2D eigenvalue weighted by Gasteiger charge is 2.35. The van der Waals surface area contributed by atoms with Crippen LogP contribution in [0.1, 0.15) is 31.4 Å². The molecule has 2 amide bonds. The van der Waals surface area contributed by atoms with Gasteiger partial charge in [-0.05, 0) is 54.4 Å². The van der Waals surface area contributed by atoms with Crippen LogP contribution in [-0.2, 0) is 11.3 Å². The molecule has 1 heterocycles. The number of benzene rings is 2. The number of methoxy groups -OCH3 is 1. The van der Waals surface area contributed by atoms with Crippen molar-refractivity contribution in [1.82, 2.24) is 4.90 Å². The van der Waals surface area contributed by atoms with Crippen LogP contribution in [0.25, 0.3) is 6.08 Å². The number of halogens is 1.